The van der Waals surface area contributed by atoms with Crippen molar-refractivity contribution in [3.05, 3.63) is 56.7 Å². The molecule has 0 aliphatic heterocycles. The Labute approximate surface area is 170 Å². The molecule has 0 saturated carbocycles. The molecule has 2 heterocycles. The van der Waals surface area contributed by atoms with Gasteiger partial charge in [-0.05, 0) is 29.5 Å². The van der Waals surface area contributed by atoms with Gasteiger partial charge >= 0.3 is 5.56 Å². The van der Waals surface area contributed by atoms with Gasteiger partial charge in [0, 0.05) is 6.42 Å². The molecule has 0 unspecified atom stereocenters. The maximum absolute atomic E-state index is 12.7. The number of carbonyl (C=O) groups excluding carboxylic acids is 1. The summed E-state index contributed by atoms with van der Waals surface area (Å²) in [5, 5.41) is 20.9. The number of Topliss-reactive ketones (excluding diaryl/α,β-unsaturated/α-hetero) is 1. The van der Waals surface area contributed by atoms with Crippen LogP contribution in [0.1, 0.15) is 41.1 Å². The van der Waals surface area contributed by atoms with E-state index in [-0.39, 0.29) is 22.7 Å². The zero-order chi connectivity index (χ0) is 20.8. The van der Waals surface area contributed by atoms with Crippen LogP contribution in [0.25, 0.3) is 5.69 Å². The molecule has 29 heavy (non-hydrogen) atoms. The third-order valence-electron chi connectivity index (χ3n) is 4.80. The van der Waals surface area contributed by atoms with Crippen molar-refractivity contribution in [2.45, 2.75) is 26.7 Å². The number of benzene rings is 1. The summed E-state index contributed by atoms with van der Waals surface area (Å²) in [7, 11) is 0. The zero-order valence-electron chi connectivity index (χ0n) is 15.9. The number of hydrogen-bond donors (Lipinski definition) is 2. The number of H-pyrrole nitrogens is 1. The molecule has 0 saturated heterocycles. The van der Waals surface area contributed by atoms with E-state index in [0.29, 0.717) is 34.0 Å². The minimum Gasteiger partial charge on any atom is -0.382 e. The fraction of sp³-hybridized carbons (Fsp3) is 0.250. The van der Waals surface area contributed by atoms with Crippen LogP contribution in [0.4, 0.5) is 16.5 Å². The van der Waals surface area contributed by atoms with Crippen LogP contribution in [0.3, 0.4) is 0 Å². The lowest BCUT2D eigenvalue weighted by Gasteiger charge is -2.28. The molecule has 9 heteroatoms. The van der Waals surface area contributed by atoms with Crippen molar-refractivity contribution in [3.8, 4) is 11.8 Å². The van der Waals surface area contributed by atoms with Crippen LogP contribution in [-0.2, 0) is 6.42 Å². The highest BCUT2D eigenvalue weighted by molar-refractivity contribution is 7.18. The lowest BCUT2D eigenvalue weighted by Crippen LogP contribution is -2.25. The van der Waals surface area contributed by atoms with Gasteiger partial charge in [0.2, 0.25) is 0 Å². The molecule has 3 aromatic rings. The number of para-hydroxylation sites is 1. The van der Waals surface area contributed by atoms with Gasteiger partial charge in [0.1, 0.15) is 11.9 Å². The molecule has 0 atom stereocenters. The van der Waals surface area contributed by atoms with Gasteiger partial charge in [-0.25, -0.2) is 4.68 Å². The molecule has 0 amide bonds. The second kappa shape index (κ2) is 6.83. The predicted octanol–water partition coefficient (Wildman–Crippen LogP) is 4.25. The lowest BCUT2D eigenvalue weighted by atomic mass is 9.75. The summed E-state index contributed by atoms with van der Waals surface area (Å²) in [6.07, 6.45) is 1.05. The number of hydrogen-bond acceptors (Lipinski definition) is 7. The monoisotopic (exact) mass is 406 g/mol. The number of rotatable bonds is 3. The van der Waals surface area contributed by atoms with Gasteiger partial charge in [-0.1, -0.05) is 32.0 Å². The standard InChI is InChI=1S/C20H18N6O2S/c1-20(2)8-12-13(10-21)18(29-16(12)14(27)9-20)24-23-15-17(22)25-26(19(15)28)11-6-4-3-5-7-11/h3-7,25H,8-9,22H2,1-2H3. The van der Waals surface area contributed by atoms with Crippen molar-refractivity contribution in [1.82, 2.24) is 9.78 Å². The quantitative estimate of drug-likeness (QED) is 0.630. The first-order valence-corrected chi connectivity index (χ1v) is 9.79. The Hall–Kier alpha value is -3.51. The molecule has 0 fully saturated rings. The number of fused-ring (bicyclic) bond motifs is 1. The number of azo groups is 1. The van der Waals surface area contributed by atoms with Crippen molar-refractivity contribution in [2.24, 2.45) is 15.6 Å². The Morgan fingerprint density at radius 3 is 2.62 bits per heavy atom. The number of anilines is 1. The topological polar surface area (TPSA) is 129 Å². The van der Waals surface area contributed by atoms with Gasteiger partial charge in [-0.15, -0.1) is 21.6 Å². The van der Waals surface area contributed by atoms with Crippen LogP contribution < -0.4 is 11.3 Å². The molecule has 4 rings (SSSR count). The number of nitrogens with one attached hydrogen (secondary N) is 1. The SMILES string of the molecule is CC1(C)CC(=O)c2sc(N=Nc3c(N)[nH]n(-c4ccccc4)c3=O)c(C#N)c2C1. The van der Waals surface area contributed by atoms with Crippen LogP contribution in [0.15, 0.2) is 45.4 Å². The van der Waals surface area contributed by atoms with Gasteiger partial charge in [0.15, 0.2) is 16.5 Å². The number of aromatic nitrogens is 2. The molecule has 3 N–H and O–H groups in total. The number of nitrogens with zero attached hydrogens (tertiary/aromatic N) is 4. The van der Waals surface area contributed by atoms with Crippen LogP contribution in [0, 0.1) is 16.7 Å². The van der Waals surface area contributed by atoms with Gasteiger partial charge in [-0.3, -0.25) is 14.7 Å². The summed E-state index contributed by atoms with van der Waals surface area (Å²) < 4.78 is 1.28. The van der Waals surface area contributed by atoms with Crippen molar-refractivity contribution >= 4 is 33.6 Å². The van der Waals surface area contributed by atoms with E-state index < -0.39 is 5.56 Å². The number of ketones is 1. The largest absolute Gasteiger partial charge is 0.382 e. The molecule has 0 radical (unpaired) electrons. The summed E-state index contributed by atoms with van der Waals surface area (Å²) in [5.74, 6) is 0.0754. The van der Waals surface area contributed by atoms with E-state index in [1.54, 1.807) is 24.3 Å². The third kappa shape index (κ3) is 3.28. The minimum absolute atomic E-state index is 0.00629. The first-order chi connectivity index (χ1) is 13.8. The van der Waals surface area contributed by atoms with Crippen LogP contribution in [-0.4, -0.2) is 15.6 Å². The molecular formula is C20H18N6O2S. The summed E-state index contributed by atoms with van der Waals surface area (Å²) in [5.41, 5.74) is 6.89. The van der Waals surface area contributed by atoms with E-state index in [2.05, 4.69) is 21.4 Å². The third-order valence-corrected chi connectivity index (χ3v) is 5.95. The minimum atomic E-state index is -0.450. The molecule has 8 nitrogen and oxygen atoms in total. The summed E-state index contributed by atoms with van der Waals surface area (Å²) in [4.78, 5) is 25.7. The highest BCUT2D eigenvalue weighted by Gasteiger charge is 2.35. The van der Waals surface area contributed by atoms with E-state index >= 15 is 0 Å². The van der Waals surface area contributed by atoms with Gasteiger partial charge in [0.05, 0.1) is 16.1 Å². The fourth-order valence-corrected chi connectivity index (χ4v) is 4.51. The smallest absolute Gasteiger partial charge is 0.301 e. The second-order valence-electron chi connectivity index (χ2n) is 7.69. The first kappa shape index (κ1) is 18.8. The lowest BCUT2D eigenvalue weighted by molar-refractivity contribution is 0.0917. The molecule has 0 bridgehead atoms. The Balaban J connectivity index is 1.75. The average molecular weight is 406 g/mol. The molecule has 1 aliphatic rings. The maximum Gasteiger partial charge on any atom is 0.301 e. The number of aromatic amines is 1. The number of carbonyl (C=O) groups is 1. The molecule has 1 aromatic carbocycles. The Bertz CT molecular complexity index is 1240. The van der Waals surface area contributed by atoms with Crippen LogP contribution >= 0.6 is 11.3 Å². The van der Waals surface area contributed by atoms with E-state index in [1.807, 2.05) is 19.9 Å². The highest BCUT2D eigenvalue weighted by Crippen LogP contribution is 2.44. The van der Waals surface area contributed by atoms with Gasteiger partial charge in [-0.2, -0.15) is 5.26 Å². The number of nitrogen functional groups attached to an aromatic ring is 1. The Kier molecular flexibility index (Phi) is 4.43. The second-order valence-corrected chi connectivity index (χ2v) is 8.69. The molecular weight excluding hydrogens is 388 g/mol. The average Bonchev–Trinajstić information content (AvgIpc) is 3.16. The molecule has 2 aromatic heterocycles. The van der Waals surface area contributed by atoms with Crippen molar-refractivity contribution in [2.75, 3.05) is 5.73 Å². The van der Waals surface area contributed by atoms with Crippen molar-refractivity contribution < 1.29 is 4.79 Å². The zero-order valence-corrected chi connectivity index (χ0v) is 16.7. The van der Waals surface area contributed by atoms with E-state index in [1.165, 1.54) is 4.68 Å². The van der Waals surface area contributed by atoms with Crippen LogP contribution in [0.2, 0.25) is 0 Å². The van der Waals surface area contributed by atoms with E-state index in [0.717, 1.165) is 16.9 Å². The number of nitrogens with two attached hydrogens (primary N) is 1. The van der Waals surface area contributed by atoms with E-state index in [9.17, 15) is 14.9 Å². The van der Waals surface area contributed by atoms with E-state index in [4.69, 9.17) is 5.73 Å². The number of thiophene rings is 1. The molecule has 146 valence electrons. The summed E-state index contributed by atoms with van der Waals surface area (Å²) in [6.45, 7) is 4.00. The van der Waals surface area contributed by atoms with Crippen molar-refractivity contribution in [1.29, 1.82) is 5.26 Å². The fourth-order valence-electron chi connectivity index (χ4n) is 3.48. The van der Waals surface area contributed by atoms with Crippen LogP contribution in [0.5, 0.6) is 0 Å². The highest BCUT2D eigenvalue weighted by atomic mass is 32.1. The molecule has 1 aliphatic carbocycles. The predicted molar refractivity (Wildman–Crippen MR) is 110 cm³/mol. The van der Waals surface area contributed by atoms with Gasteiger partial charge in [0.25, 0.3) is 0 Å². The Morgan fingerprint density at radius 2 is 1.93 bits per heavy atom. The van der Waals surface area contributed by atoms with Gasteiger partial charge < -0.3 is 5.73 Å². The van der Waals surface area contributed by atoms with Crippen molar-refractivity contribution in [3.63, 3.8) is 0 Å². The maximum atomic E-state index is 12.7. The molecule has 0 spiro atoms. The number of nitriles is 1. The summed E-state index contributed by atoms with van der Waals surface area (Å²) in [6, 6.07) is 11.1. The normalized spacial score (nSPS) is 15.4. The Morgan fingerprint density at radius 1 is 1.21 bits per heavy atom. The first-order valence-electron chi connectivity index (χ1n) is 8.97. The summed E-state index contributed by atoms with van der Waals surface area (Å²) >= 11 is 1.14.